The second kappa shape index (κ2) is 12.5. The van der Waals surface area contributed by atoms with Gasteiger partial charge in [0.05, 0.1) is 22.7 Å². The van der Waals surface area contributed by atoms with Crippen LogP contribution < -0.4 is 10.4 Å². The Labute approximate surface area is 265 Å². The zero-order valence-corrected chi connectivity index (χ0v) is 26.2. The second-order valence-corrected chi connectivity index (χ2v) is 13.9. The van der Waals surface area contributed by atoms with E-state index in [1.165, 1.54) is 28.8 Å². The van der Waals surface area contributed by atoms with Crippen LogP contribution in [0.15, 0.2) is 82.5 Å². The smallest absolute Gasteiger partial charge is 0.274 e. The number of fused-ring (bicyclic) bond motifs is 2. The number of sulfonamides is 1. The maximum atomic E-state index is 13.8. The standard InChI is InChI=1S/C34H35F3N4O4S/c1-2-3-12-31-38-41(29-10-6-5-9-28(29)34(35,36)37)33(43)40(31)21-22-13-16-24(17-14-22)26-8-4-7-11-30(26)46(44,45)39-32(42)27-20-23-15-18-25(27)19-23/h4-11,13-14,16-17,23,25,27H,2-3,12,15,18-21H2,1H3,(H,39,42). The molecule has 2 aliphatic rings. The highest BCUT2D eigenvalue weighted by atomic mass is 32.2. The molecule has 0 saturated heterocycles. The fourth-order valence-corrected chi connectivity index (χ4v) is 8.17. The summed E-state index contributed by atoms with van der Waals surface area (Å²) in [4.78, 5) is 26.5. The lowest BCUT2D eigenvalue weighted by Crippen LogP contribution is -2.37. The van der Waals surface area contributed by atoms with Gasteiger partial charge in [0.25, 0.3) is 10.0 Å². The molecule has 3 unspecified atom stereocenters. The number of hydrogen-bond acceptors (Lipinski definition) is 5. The van der Waals surface area contributed by atoms with E-state index in [4.69, 9.17) is 0 Å². The molecule has 242 valence electrons. The van der Waals surface area contributed by atoms with Crippen LogP contribution in [0.25, 0.3) is 16.8 Å². The minimum Gasteiger partial charge on any atom is -0.274 e. The van der Waals surface area contributed by atoms with Gasteiger partial charge in [0, 0.05) is 17.9 Å². The third-order valence-corrected chi connectivity index (χ3v) is 10.6. The summed E-state index contributed by atoms with van der Waals surface area (Å²) in [6, 6.07) is 18.2. The number of hydrogen-bond donors (Lipinski definition) is 1. The first kappa shape index (κ1) is 31.8. The van der Waals surface area contributed by atoms with Crippen molar-refractivity contribution in [3.63, 3.8) is 0 Å². The number of alkyl halides is 3. The van der Waals surface area contributed by atoms with Crippen molar-refractivity contribution in [1.82, 2.24) is 19.1 Å². The molecule has 1 aromatic heterocycles. The molecule has 0 aliphatic heterocycles. The highest BCUT2D eigenvalue weighted by Gasteiger charge is 2.44. The van der Waals surface area contributed by atoms with Crippen LogP contribution in [0, 0.1) is 17.8 Å². The SMILES string of the molecule is CCCCc1nn(-c2ccccc2C(F)(F)F)c(=O)n1Cc1ccc(-c2ccccc2S(=O)(=O)NC(=O)C2CC3CCC2C3)cc1. The van der Waals surface area contributed by atoms with Gasteiger partial charge in [0.2, 0.25) is 5.91 Å². The molecule has 46 heavy (non-hydrogen) atoms. The quantitative estimate of drug-likeness (QED) is 0.215. The molecule has 0 radical (unpaired) electrons. The number of benzene rings is 3. The molecule has 0 spiro atoms. The lowest BCUT2D eigenvalue weighted by atomic mass is 9.88. The topological polar surface area (TPSA) is 103 Å². The number of carbonyl (C=O) groups excluding carboxylic acids is 1. The Balaban J connectivity index is 1.27. The fourth-order valence-electron chi connectivity index (χ4n) is 6.91. The Kier molecular flexibility index (Phi) is 8.66. The van der Waals surface area contributed by atoms with E-state index in [-0.39, 0.29) is 29.0 Å². The molecule has 3 aromatic carbocycles. The largest absolute Gasteiger partial charge is 0.418 e. The van der Waals surface area contributed by atoms with Crippen LogP contribution in [0.4, 0.5) is 13.2 Å². The van der Waals surface area contributed by atoms with Crippen LogP contribution in [0.3, 0.4) is 0 Å². The highest BCUT2D eigenvalue weighted by Crippen LogP contribution is 2.48. The molecule has 1 heterocycles. The van der Waals surface area contributed by atoms with Gasteiger partial charge in [-0.25, -0.2) is 17.9 Å². The van der Waals surface area contributed by atoms with Gasteiger partial charge >= 0.3 is 11.9 Å². The van der Waals surface area contributed by atoms with Crippen LogP contribution in [0.1, 0.15) is 62.4 Å². The van der Waals surface area contributed by atoms with E-state index in [2.05, 4.69) is 9.82 Å². The average Bonchev–Trinajstić information content (AvgIpc) is 3.75. The van der Waals surface area contributed by atoms with Gasteiger partial charge in [-0.05, 0) is 66.8 Å². The molecule has 8 nitrogen and oxygen atoms in total. The van der Waals surface area contributed by atoms with Crippen LogP contribution in [0.5, 0.6) is 0 Å². The first-order valence-corrected chi connectivity index (χ1v) is 17.0. The van der Waals surface area contributed by atoms with E-state index < -0.39 is 33.4 Å². The number of rotatable bonds is 10. The van der Waals surface area contributed by atoms with Gasteiger partial charge in [0.1, 0.15) is 5.82 Å². The molecular weight excluding hydrogens is 617 g/mol. The van der Waals surface area contributed by atoms with E-state index in [0.29, 0.717) is 41.3 Å². The number of aryl methyl sites for hydroxylation is 1. The summed E-state index contributed by atoms with van der Waals surface area (Å²) in [5, 5.41) is 4.32. The van der Waals surface area contributed by atoms with Gasteiger partial charge < -0.3 is 0 Å². The molecule has 2 bridgehead atoms. The van der Waals surface area contributed by atoms with Crippen LogP contribution in [-0.4, -0.2) is 28.7 Å². The average molecular weight is 653 g/mol. The van der Waals surface area contributed by atoms with Crippen molar-refractivity contribution in [3.8, 4) is 16.8 Å². The van der Waals surface area contributed by atoms with E-state index in [0.717, 1.165) is 42.9 Å². The summed E-state index contributed by atoms with van der Waals surface area (Å²) in [5.74, 6) is 0.384. The predicted octanol–water partition coefficient (Wildman–Crippen LogP) is 6.35. The number of nitrogens with one attached hydrogen (secondary N) is 1. The molecule has 1 amide bonds. The van der Waals surface area contributed by atoms with Crippen molar-refractivity contribution in [2.24, 2.45) is 17.8 Å². The van der Waals surface area contributed by atoms with E-state index >= 15 is 0 Å². The monoisotopic (exact) mass is 652 g/mol. The second-order valence-electron chi connectivity index (χ2n) is 12.3. The Hall–Kier alpha value is -4.19. The Morgan fingerprint density at radius 2 is 1.70 bits per heavy atom. The van der Waals surface area contributed by atoms with Crippen LogP contribution in [-0.2, 0) is 34.0 Å². The summed E-state index contributed by atoms with van der Waals surface area (Å²) in [5.41, 5.74) is -0.289. The third-order valence-electron chi connectivity index (χ3n) is 9.22. The molecule has 3 atom stereocenters. The van der Waals surface area contributed by atoms with Crippen molar-refractivity contribution < 1.29 is 26.4 Å². The summed E-state index contributed by atoms with van der Waals surface area (Å²) in [6.07, 6.45) is 1.01. The van der Waals surface area contributed by atoms with E-state index in [9.17, 15) is 31.2 Å². The summed E-state index contributed by atoms with van der Waals surface area (Å²) >= 11 is 0. The number of nitrogens with zero attached hydrogens (tertiary/aromatic N) is 3. The van der Waals surface area contributed by atoms with Crippen molar-refractivity contribution >= 4 is 15.9 Å². The van der Waals surface area contributed by atoms with Gasteiger partial charge in [-0.15, -0.1) is 5.10 Å². The Morgan fingerprint density at radius 3 is 2.37 bits per heavy atom. The fraction of sp³-hybridized carbons (Fsp3) is 0.382. The summed E-state index contributed by atoms with van der Waals surface area (Å²) in [6.45, 7) is 2.03. The molecule has 2 aliphatic carbocycles. The number of aromatic nitrogens is 3. The number of para-hydroxylation sites is 1. The van der Waals surface area contributed by atoms with Crippen molar-refractivity contribution in [1.29, 1.82) is 0 Å². The first-order chi connectivity index (χ1) is 22.0. The zero-order chi connectivity index (χ0) is 32.6. The lowest BCUT2D eigenvalue weighted by molar-refractivity contribution is -0.137. The maximum Gasteiger partial charge on any atom is 0.418 e. The van der Waals surface area contributed by atoms with Crippen molar-refractivity contribution in [3.05, 3.63) is 100 Å². The van der Waals surface area contributed by atoms with Crippen molar-refractivity contribution in [2.45, 2.75) is 69.5 Å². The normalized spacial score (nSPS) is 19.4. The lowest BCUT2D eigenvalue weighted by Gasteiger charge is -2.21. The van der Waals surface area contributed by atoms with E-state index in [1.807, 2.05) is 6.92 Å². The molecule has 2 fully saturated rings. The maximum absolute atomic E-state index is 13.8. The van der Waals surface area contributed by atoms with E-state index in [1.54, 1.807) is 42.5 Å². The molecular formula is C34H35F3N4O4S. The highest BCUT2D eigenvalue weighted by molar-refractivity contribution is 7.90. The van der Waals surface area contributed by atoms with Gasteiger partial charge in [0.15, 0.2) is 0 Å². The number of carbonyl (C=O) groups is 1. The Bertz CT molecular complexity index is 1920. The molecule has 6 rings (SSSR count). The Morgan fingerprint density at radius 1 is 0.978 bits per heavy atom. The van der Waals surface area contributed by atoms with Crippen LogP contribution in [0.2, 0.25) is 0 Å². The zero-order valence-electron chi connectivity index (χ0n) is 25.3. The van der Waals surface area contributed by atoms with Gasteiger partial charge in [-0.1, -0.05) is 74.4 Å². The van der Waals surface area contributed by atoms with Gasteiger partial charge in [-0.2, -0.15) is 17.9 Å². The third kappa shape index (κ3) is 6.27. The van der Waals surface area contributed by atoms with Crippen LogP contribution >= 0.6 is 0 Å². The van der Waals surface area contributed by atoms with Crippen molar-refractivity contribution in [2.75, 3.05) is 0 Å². The molecule has 4 aromatic rings. The number of halogens is 3. The molecule has 1 N–H and O–H groups in total. The summed E-state index contributed by atoms with van der Waals surface area (Å²) in [7, 11) is -4.15. The minimum atomic E-state index is -4.66. The molecule has 2 saturated carbocycles. The number of unbranched alkanes of at least 4 members (excludes halogenated alkanes) is 1. The predicted molar refractivity (Wildman–Crippen MR) is 167 cm³/mol. The number of amides is 1. The summed E-state index contributed by atoms with van der Waals surface area (Å²) < 4.78 is 72.6. The van der Waals surface area contributed by atoms with Gasteiger partial charge in [-0.3, -0.25) is 9.36 Å². The minimum absolute atomic E-state index is 0.0121. The molecule has 12 heteroatoms. The first-order valence-electron chi connectivity index (χ1n) is 15.6.